The van der Waals surface area contributed by atoms with Gasteiger partial charge in [0.25, 0.3) is 0 Å². The van der Waals surface area contributed by atoms with Gasteiger partial charge >= 0.3 is 0 Å². The molecular formula is C10H10F2N2O2. The summed E-state index contributed by atoms with van der Waals surface area (Å²) in [6.45, 7) is -0.0981. The van der Waals surface area contributed by atoms with Gasteiger partial charge in [-0.25, -0.2) is 8.78 Å². The molecule has 6 heteroatoms. The zero-order valence-electron chi connectivity index (χ0n) is 8.54. The number of rotatable bonds is 0. The molecule has 0 saturated heterocycles. The Morgan fingerprint density at radius 3 is 2.88 bits per heavy atom. The van der Waals surface area contributed by atoms with E-state index in [9.17, 15) is 13.6 Å². The van der Waals surface area contributed by atoms with Crippen molar-refractivity contribution in [3.05, 3.63) is 23.8 Å². The highest BCUT2D eigenvalue weighted by atomic mass is 19.1. The fraction of sp³-hybridized carbons (Fsp3) is 0.300. The Balaban J connectivity index is 2.57. The highest BCUT2D eigenvalue weighted by molar-refractivity contribution is 5.98. The minimum absolute atomic E-state index is 0.0127. The zero-order valence-corrected chi connectivity index (χ0v) is 8.54. The van der Waals surface area contributed by atoms with Crippen LogP contribution in [-0.2, 0) is 4.79 Å². The number of hydrogen-bond donors (Lipinski definition) is 1. The van der Waals surface area contributed by atoms with Gasteiger partial charge in [0.15, 0.2) is 5.82 Å². The Kier molecular flexibility index (Phi) is 2.51. The summed E-state index contributed by atoms with van der Waals surface area (Å²) in [4.78, 5) is 12.6. The molecule has 1 aromatic carbocycles. The highest BCUT2D eigenvalue weighted by Gasteiger charge is 2.29. The van der Waals surface area contributed by atoms with Gasteiger partial charge in [0.1, 0.15) is 29.9 Å². The first-order valence-electron chi connectivity index (χ1n) is 4.65. The Bertz CT molecular complexity index is 451. The van der Waals surface area contributed by atoms with Crippen molar-refractivity contribution in [1.82, 2.24) is 0 Å². The van der Waals surface area contributed by atoms with E-state index in [0.29, 0.717) is 6.07 Å². The fourth-order valence-electron chi connectivity index (χ4n) is 1.59. The first-order valence-corrected chi connectivity index (χ1v) is 4.65. The number of likely N-dealkylation sites (N-methyl/N-ethyl adjacent to an activating group) is 1. The molecule has 0 aromatic heterocycles. The first-order chi connectivity index (χ1) is 7.50. The normalized spacial score (nSPS) is 20.1. The lowest BCUT2D eigenvalue weighted by Gasteiger charge is -2.18. The minimum Gasteiger partial charge on any atom is -0.489 e. The third-order valence-electron chi connectivity index (χ3n) is 2.39. The average molecular weight is 228 g/mol. The van der Waals surface area contributed by atoms with Gasteiger partial charge in [0.2, 0.25) is 5.91 Å². The summed E-state index contributed by atoms with van der Waals surface area (Å²) < 4.78 is 31.6. The molecular weight excluding hydrogens is 218 g/mol. The lowest BCUT2D eigenvalue weighted by molar-refractivity contribution is -0.119. The molecule has 1 atom stereocenters. The van der Waals surface area contributed by atoms with Crippen LogP contribution in [0, 0.1) is 11.6 Å². The molecule has 0 fully saturated rings. The molecule has 86 valence electrons. The van der Waals surface area contributed by atoms with E-state index in [1.807, 2.05) is 0 Å². The highest BCUT2D eigenvalue weighted by Crippen LogP contribution is 2.33. The quantitative estimate of drug-likeness (QED) is 0.709. The molecule has 0 saturated carbocycles. The van der Waals surface area contributed by atoms with Crippen molar-refractivity contribution in [1.29, 1.82) is 0 Å². The summed E-state index contributed by atoms with van der Waals surface area (Å²) in [5.41, 5.74) is 5.42. The summed E-state index contributed by atoms with van der Waals surface area (Å²) in [6, 6.07) is 0.850. The van der Waals surface area contributed by atoms with E-state index in [4.69, 9.17) is 10.5 Å². The number of halogens is 2. The predicted octanol–water partition coefficient (Wildman–Crippen LogP) is 0.647. The molecule has 1 aromatic rings. The topological polar surface area (TPSA) is 55.6 Å². The van der Waals surface area contributed by atoms with E-state index in [-0.39, 0.29) is 18.0 Å². The standard InChI is InChI=1S/C10H10F2N2O2/c1-14-9-6(12)2-5(11)3-8(9)16-4-7(13)10(14)15/h2-3,7H,4,13H2,1H3/t7-/m0/s1. The van der Waals surface area contributed by atoms with Crippen molar-refractivity contribution < 1.29 is 18.3 Å². The molecule has 2 rings (SSSR count). The predicted molar refractivity (Wildman–Crippen MR) is 53.2 cm³/mol. The monoisotopic (exact) mass is 228 g/mol. The van der Waals surface area contributed by atoms with Crippen LogP contribution in [0.3, 0.4) is 0 Å². The maximum atomic E-state index is 13.5. The van der Waals surface area contributed by atoms with E-state index < -0.39 is 23.6 Å². The van der Waals surface area contributed by atoms with Gasteiger partial charge in [0.05, 0.1) is 0 Å². The van der Waals surface area contributed by atoms with Gasteiger partial charge in [-0.15, -0.1) is 0 Å². The summed E-state index contributed by atoms with van der Waals surface area (Å²) in [5.74, 6) is -2.09. The smallest absolute Gasteiger partial charge is 0.247 e. The number of fused-ring (bicyclic) bond motifs is 1. The van der Waals surface area contributed by atoms with Crippen LogP contribution in [0.2, 0.25) is 0 Å². The van der Waals surface area contributed by atoms with Crippen LogP contribution in [0.5, 0.6) is 5.75 Å². The second kappa shape index (κ2) is 3.71. The molecule has 1 heterocycles. The Labute approximate surface area is 90.6 Å². The molecule has 1 aliphatic rings. The van der Waals surface area contributed by atoms with Crippen LogP contribution in [0.15, 0.2) is 12.1 Å². The van der Waals surface area contributed by atoms with Crippen molar-refractivity contribution in [3.63, 3.8) is 0 Å². The van der Waals surface area contributed by atoms with Crippen molar-refractivity contribution in [3.8, 4) is 5.75 Å². The molecule has 16 heavy (non-hydrogen) atoms. The van der Waals surface area contributed by atoms with Crippen molar-refractivity contribution in [2.24, 2.45) is 5.73 Å². The van der Waals surface area contributed by atoms with Crippen molar-refractivity contribution in [2.45, 2.75) is 6.04 Å². The molecule has 2 N–H and O–H groups in total. The molecule has 1 aliphatic heterocycles. The second-order valence-corrected chi connectivity index (χ2v) is 3.55. The number of anilines is 1. The number of amides is 1. The van der Waals surface area contributed by atoms with Crippen LogP contribution in [-0.4, -0.2) is 25.6 Å². The lowest BCUT2D eigenvalue weighted by Crippen LogP contribution is -2.43. The molecule has 1 amide bonds. The Morgan fingerprint density at radius 2 is 2.19 bits per heavy atom. The molecule has 0 radical (unpaired) electrons. The van der Waals surface area contributed by atoms with E-state index in [1.165, 1.54) is 7.05 Å². The van der Waals surface area contributed by atoms with Gasteiger partial charge in [-0.1, -0.05) is 0 Å². The van der Waals surface area contributed by atoms with Gasteiger partial charge in [-0.05, 0) is 0 Å². The molecule has 0 aliphatic carbocycles. The summed E-state index contributed by atoms with van der Waals surface area (Å²) >= 11 is 0. The largest absolute Gasteiger partial charge is 0.489 e. The first kappa shape index (κ1) is 10.8. The third kappa shape index (κ3) is 1.61. The second-order valence-electron chi connectivity index (χ2n) is 3.55. The van der Waals surface area contributed by atoms with E-state index in [0.717, 1.165) is 11.0 Å². The SMILES string of the molecule is CN1C(=O)[C@@H](N)COc2cc(F)cc(F)c21. The number of benzene rings is 1. The number of nitrogens with two attached hydrogens (primary N) is 1. The molecule has 0 unspecified atom stereocenters. The van der Waals surface area contributed by atoms with E-state index >= 15 is 0 Å². The van der Waals surface area contributed by atoms with Crippen LogP contribution in [0.4, 0.5) is 14.5 Å². The maximum Gasteiger partial charge on any atom is 0.247 e. The van der Waals surface area contributed by atoms with Crippen molar-refractivity contribution in [2.75, 3.05) is 18.6 Å². The lowest BCUT2D eigenvalue weighted by atomic mass is 10.2. The Morgan fingerprint density at radius 1 is 1.50 bits per heavy atom. The summed E-state index contributed by atoms with van der Waals surface area (Å²) in [5, 5.41) is 0. The fourth-order valence-corrected chi connectivity index (χ4v) is 1.59. The third-order valence-corrected chi connectivity index (χ3v) is 2.39. The number of hydrogen-bond acceptors (Lipinski definition) is 3. The zero-order chi connectivity index (χ0) is 11.9. The van der Waals surface area contributed by atoms with Gasteiger partial charge in [0, 0.05) is 19.2 Å². The number of nitrogens with zero attached hydrogens (tertiary/aromatic N) is 1. The molecule has 0 spiro atoms. The van der Waals surface area contributed by atoms with Crippen LogP contribution < -0.4 is 15.4 Å². The molecule has 4 nitrogen and oxygen atoms in total. The van der Waals surface area contributed by atoms with Crippen LogP contribution >= 0.6 is 0 Å². The average Bonchev–Trinajstić information content (AvgIpc) is 2.31. The van der Waals surface area contributed by atoms with Crippen molar-refractivity contribution >= 4 is 11.6 Å². The number of carbonyl (C=O) groups excluding carboxylic acids is 1. The Hall–Kier alpha value is -1.69. The van der Waals surface area contributed by atoms with E-state index in [2.05, 4.69) is 0 Å². The van der Waals surface area contributed by atoms with Crippen LogP contribution in [0.1, 0.15) is 0 Å². The van der Waals surface area contributed by atoms with Crippen LogP contribution in [0.25, 0.3) is 0 Å². The number of ether oxygens (including phenoxy) is 1. The van der Waals surface area contributed by atoms with Gasteiger partial charge in [-0.3, -0.25) is 4.79 Å². The van der Waals surface area contributed by atoms with Gasteiger partial charge in [-0.2, -0.15) is 0 Å². The van der Waals surface area contributed by atoms with Gasteiger partial charge < -0.3 is 15.4 Å². The minimum atomic E-state index is -0.875. The van der Waals surface area contributed by atoms with E-state index in [1.54, 1.807) is 0 Å². The summed E-state index contributed by atoms with van der Waals surface area (Å²) in [7, 11) is 1.37. The molecule has 0 bridgehead atoms. The maximum absolute atomic E-state index is 13.5. The number of carbonyl (C=O) groups is 1. The summed E-state index contributed by atoms with van der Waals surface area (Å²) in [6.07, 6.45) is 0.